The highest BCUT2D eigenvalue weighted by Crippen LogP contribution is 2.31. The minimum absolute atomic E-state index is 0.0900. The summed E-state index contributed by atoms with van der Waals surface area (Å²) in [4.78, 5) is 25.0. The second-order valence-corrected chi connectivity index (χ2v) is 4.99. The molecule has 0 aromatic rings. The van der Waals surface area contributed by atoms with Gasteiger partial charge in [0.05, 0.1) is 13.2 Å². The highest BCUT2D eigenvalue weighted by atomic mass is 16.7. The first-order chi connectivity index (χ1) is 9.19. The van der Waals surface area contributed by atoms with E-state index >= 15 is 0 Å². The van der Waals surface area contributed by atoms with Crippen molar-refractivity contribution in [2.75, 3.05) is 26.3 Å². The number of hydrogen-bond acceptors (Lipinski definition) is 5. The molecular weight excluding hydrogens is 250 g/mol. The van der Waals surface area contributed by atoms with Gasteiger partial charge >= 0.3 is 0 Å². The number of rotatable bonds is 1. The van der Waals surface area contributed by atoms with Crippen molar-refractivity contribution in [2.45, 2.75) is 31.5 Å². The summed E-state index contributed by atoms with van der Waals surface area (Å²) in [5.41, 5.74) is 2.79. The van der Waals surface area contributed by atoms with Crippen molar-refractivity contribution in [1.82, 2.24) is 10.3 Å². The summed E-state index contributed by atoms with van der Waals surface area (Å²) in [5.74, 6) is -0.700. The van der Waals surface area contributed by atoms with Gasteiger partial charge in [-0.1, -0.05) is 0 Å². The van der Waals surface area contributed by atoms with Crippen LogP contribution in [0.5, 0.6) is 0 Å². The molecule has 7 heteroatoms. The number of hydrazone groups is 1. The Morgan fingerprint density at radius 2 is 1.89 bits per heavy atom. The lowest BCUT2D eigenvalue weighted by molar-refractivity contribution is -0.186. The van der Waals surface area contributed by atoms with E-state index in [0.717, 1.165) is 0 Å². The van der Waals surface area contributed by atoms with Gasteiger partial charge in [0.1, 0.15) is 5.71 Å². The lowest BCUT2D eigenvalue weighted by Gasteiger charge is -2.37. The lowest BCUT2D eigenvalue weighted by Crippen LogP contribution is -2.49. The third-order valence-electron chi connectivity index (χ3n) is 3.78. The van der Waals surface area contributed by atoms with Crippen molar-refractivity contribution in [3.05, 3.63) is 0 Å². The van der Waals surface area contributed by atoms with Gasteiger partial charge in [-0.05, 0) is 0 Å². The average molecular weight is 267 g/mol. The molecule has 3 aliphatic rings. The molecule has 104 valence electrons. The fourth-order valence-electron chi connectivity index (χ4n) is 2.65. The van der Waals surface area contributed by atoms with Crippen molar-refractivity contribution in [3.63, 3.8) is 0 Å². The molecule has 3 rings (SSSR count). The van der Waals surface area contributed by atoms with Gasteiger partial charge in [-0.3, -0.25) is 9.59 Å². The van der Waals surface area contributed by atoms with Gasteiger partial charge in [-0.25, -0.2) is 5.43 Å². The Morgan fingerprint density at radius 1 is 1.21 bits per heavy atom. The second kappa shape index (κ2) is 4.90. The third kappa shape index (κ3) is 2.48. The Balaban J connectivity index is 1.59. The Bertz CT molecular complexity index is 419. The van der Waals surface area contributed by atoms with Gasteiger partial charge in [-0.2, -0.15) is 5.10 Å². The van der Waals surface area contributed by atoms with E-state index in [4.69, 9.17) is 9.47 Å². The summed E-state index contributed by atoms with van der Waals surface area (Å²) in [5, 5.41) is 3.84. The summed E-state index contributed by atoms with van der Waals surface area (Å²) in [6, 6.07) is 0. The number of hydrogen-bond donors (Lipinski definition) is 1. The molecule has 0 unspecified atom stereocenters. The maximum Gasteiger partial charge on any atom is 0.270 e. The highest BCUT2D eigenvalue weighted by molar-refractivity contribution is 6.39. The van der Waals surface area contributed by atoms with E-state index in [-0.39, 0.29) is 11.8 Å². The largest absolute Gasteiger partial charge is 0.347 e. The molecule has 1 N–H and O–H groups in total. The van der Waals surface area contributed by atoms with E-state index in [1.807, 2.05) is 0 Å². The molecule has 0 bridgehead atoms. The van der Waals surface area contributed by atoms with Crippen LogP contribution in [0.4, 0.5) is 0 Å². The standard InChI is InChI=1S/C12H17N3O4/c16-10-2-1-9(13-14-10)11(17)15-5-3-12(4-6-15)18-7-8-19-12/h1-8H2,(H,14,16). The number of nitrogens with one attached hydrogen (secondary N) is 1. The molecule has 0 aromatic carbocycles. The zero-order valence-electron chi connectivity index (χ0n) is 10.7. The van der Waals surface area contributed by atoms with Crippen LogP contribution >= 0.6 is 0 Å². The molecule has 3 heterocycles. The van der Waals surface area contributed by atoms with E-state index in [2.05, 4.69) is 10.5 Å². The SMILES string of the molecule is O=C1CCC(C(=O)N2CCC3(CC2)OCCO3)=NN1. The number of amides is 2. The van der Waals surface area contributed by atoms with E-state index in [9.17, 15) is 9.59 Å². The molecular formula is C12H17N3O4. The summed E-state index contributed by atoms with van der Waals surface area (Å²) in [6.45, 7) is 2.47. The number of piperidine rings is 1. The van der Waals surface area contributed by atoms with Crippen LogP contribution in [0.15, 0.2) is 5.10 Å². The number of nitrogens with zero attached hydrogens (tertiary/aromatic N) is 2. The zero-order valence-corrected chi connectivity index (χ0v) is 10.7. The predicted octanol–water partition coefficient (Wildman–Crippen LogP) is -0.382. The minimum Gasteiger partial charge on any atom is -0.347 e. The van der Waals surface area contributed by atoms with Crippen molar-refractivity contribution >= 4 is 17.5 Å². The Labute approximate surface area is 110 Å². The Morgan fingerprint density at radius 3 is 2.47 bits per heavy atom. The predicted molar refractivity (Wildman–Crippen MR) is 65.3 cm³/mol. The lowest BCUT2D eigenvalue weighted by atomic mass is 10.0. The van der Waals surface area contributed by atoms with E-state index < -0.39 is 5.79 Å². The van der Waals surface area contributed by atoms with E-state index in [1.165, 1.54) is 0 Å². The normalized spacial score (nSPS) is 26.2. The number of carbonyl (C=O) groups excluding carboxylic acids is 2. The zero-order chi connectivity index (χ0) is 13.3. The molecule has 2 fully saturated rings. The van der Waals surface area contributed by atoms with Gasteiger partial charge in [0.2, 0.25) is 5.91 Å². The Kier molecular flexibility index (Phi) is 3.24. The fourth-order valence-corrected chi connectivity index (χ4v) is 2.65. The van der Waals surface area contributed by atoms with Gasteiger partial charge in [-0.15, -0.1) is 0 Å². The molecule has 1 spiro atoms. The molecule has 0 aliphatic carbocycles. The molecule has 0 atom stereocenters. The van der Waals surface area contributed by atoms with Crippen molar-refractivity contribution < 1.29 is 19.1 Å². The molecule has 7 nitrogen and oxygen atoms in total. The van der Waals surface area contributed by atoms with Crippen LogP contribution in [-0.2, 0) is 19.1 Å². The van der Waals surface area contributed by atoms with Gasteiger partial charge in [0.25, 0.3) is 5.91 Å². The Hall–Kier alpha value is -1.47. The first-order valence-electron chi connectivity index (χ1n) is 6.61. The van der Waals surface area contributed by atoms with Crippen molar-refractivity contribution in [3.8, 4) is 0 Å². The highest BCUT2D eigenvalue weighted by Gasteiger charge is 2.41. The maximum absolute atomic E-state index is 12.2. The summed E-state index contributed by atoms with van der Waals surface area (Å²) >= 11 is 0. The van der Waals surface area contributed by atoms with Crippen LogP contribution < -0.4 is 5.43 Å². The topological polar surface area (TPSA) is 80.2 Å². The number of ether oxygens (including phenoxy) is 2. The molecule has 0 radical (unpaired) electrons. The summed E-state index contributed by atoms with van der Waals surface area (Å²) in [6.07, 6.45) is 2.13. The first-order valence-corrected chi connectivity index (χ1v) is 6.61. The van der Waals surface area contributed by atoms with Gasteiger partial charge in [0.15, 0.2) is 5.79 Å². The summed E-state index contributed by atoms with van der Waals surface area (Å²) in [7, 11) is 0. The molecule has 0 saturated carbocycles. The second-order valence-electron chi connectivity index (χ2n) is 4.99. The molecule has 2 saturated heterocycles. The third-order valence-corrected chi connectivity index (χ3v) is 3.78. The van der Waals surface area contributed by atoms with Crippen LogP contribution in [0.1, 0.15) is 25.7 Å². The monoisotopic (exact) mass is 267 g/mol. The van der Waals surface area contributed by atoms with Crippen LogP contribution in [0.2, 0.25) is 0 Å². The average Bonchev–Trinajstić information content (AvgIpc) is 2.88. The van der Waals surface area contributed by atoms with Crippen molar-refractivity contribution in [2.24, 2.45) is 5.10 Å². The van der Waals surface area contributed by atoms with Crippen LogP contribution in [0.3, 0.4) is 0 Å². The fraction of sp³-hybridized carbons (Fsp3) is 0.750. The maximum atomic E-state index is 12.2. The number of likely N-dealkylation sites (tertiary alicyclic amines) is 1. The molecule has 19 heavy (non-hydrogen) atoms. The molecule has 0 aromatic heterocycles. The molecule has 3 aliphatic heterocycles. The van der Waals surface area contributed by atoms with Crippen LogP contribution in [0, 0.1) is 0 Å². The molecule has 2 amide bonds. The first kappa shape index (κ1) is 12.6. The quantitative estimate of drug-likeness (QED) is 0.702. The number of carbonyl (C=O) groups is 2. The van der Waals surface area contributed by atoms with Crippen molar-refractivity contribution in [1.29, 1.82) is 0 Å². The van der Waals surface area contributed by atoms with Crippen LogP contribution in [-0.4, -0.2) is 54.5 Å². The van der Waals surface area contributed by atoms with Gasteiger partial charge < -0.3 is 14.4 Å². The van der Waals surface area contributed by atoms with E-state index in [1.54, 1.807) is 4.90 Å². The van der Waals surface area contributed by atoms with Gasteiger partial charge in [0, 0.05) is 38.8 Å². The van der Waals surface area contributed by atoms with E-state index in [0.29, 0.717) is 57.7 Å². The van der Waals surface area contributed by atoms with Crippen LogP contribution in [0.25, 0.3) is 0 Å². The summed E-state index contributed by atoms with van der Waals surface area (Å²) < 4.78 is 11.2. The minimum atomic E-state index is -0.473. The smallest absolute Gasteiger partial charge is 0.270 e.